The predicted octanol–water partition coefficient (Wildman–Crippen LogP) is 0.374. The summed E-state index contributed by atoms with van der Waals surface area (Å²) in [7, 11) is 0. The molecular weight excluding hydrogens is 168 g/mol. The van der Waals surface area contributed by atoms with Crippen LogP contribution in [0.15, 0.2) is 0 Å². The number of nitrogens with zero attached hydrogens (tertiary/aromatic N) is 1. The maximum atomic E-state index is 5.63. The number of morpholine rings is 1. The molecule has 4 nitrogen and oxygen atoms in total. The zero-order valence-electron chi connectivity index (χ0n) is 8.69. The Labute approximate surface area is 79.9 Å². The van der Waals surface area contributed by atoms with E-state index in [1.807, 2.05) is 0 Å². The van der Waals surface area contributed by atoms with Crippen molar-refractivity contribution in [3.8, 4) is 0 Å². The lowest BCUT2D eigenvalue weighted by molar-refractivity contribution is -0.0870. The maximum absolute atomic E-state index is 5.63. The van der Waals surface area contributed by atoms with E-state index in [0.717, 1.165) is 13.1 Å². The van der Waals surface area contributed by atoms with Gasteiger partial charge in [0.05, 0.1) is 18.8 Å². The fraction of sp³-hybridized carbons (Fsp3) is 1.00. The van der Waals surface area contributed by atoms with Crippen molar-refractivity contribution in [2.45, 2.75) is 39.0 Å². The van der Waals surface area contributed by atoms with Crippen LogP contribution in [-0.4, -0.2) is 42.8 Å². The van der Waals surface area contributed by atoms with Crippen molar-refractivity contribution in [3.05, 3.63) is 0 Å². The molecule has 1 saturated heterocycles. The lowest BCUT2D eigenvalue weighted by Crippen LogP contribution is -2.50. The third-order valence-corrected chi connectivity index (χ3v) is 2.41. The topological polar surface area (TPSA) is 47.7 Å². The zero-order valence-corrected chi connectivity index (χ0v) is 8.69. The Hall–Kier alpha value is -0.160. The van der Waals surface area contributed by atoms with Gasteiger partial charge < -0.3 is 9.57 Å². The fourth-order valence-electron chi connectivity index (χ4n) is 1.82. The van der Waals surface area contributed by atoms with Crippen LogP contribution in [0.25, 0.3) is 0 Å². The van der Waals surface area contributed by atoms with Gasteiger partial charge in [0.1, 0.15) is 0 Å². The third-order valence-electron chi connectivity index (χ3n) is 2.41. The molecule has 0 aromatic heterocycles. The van der Waals surface area contributed by atoms with Crippen molar-refractivity contribution in [3.63, 3.8) is 0 Å². The van der Waals surface area contributed by atoms with E-state index in [4.69, 9.17) is 10.6 Å². The second-order valence-electron chi connectivity index (χ2n) is 3.89. The van der Waals surface area contributed by atoms with Crippen LogP contribution in [0, 0.1) is 0 Å². The predicted molar refractivity (Wildman–Crippen MR) is 51.2 cm³/mol. The van der Waals surface area contributed by atoms with E-state index in [2.05, 4.69) is 30.5 Å². The van der Waals surface area contributed by atoms with Crippen LogP contribution in [0.3, 0.4) is 0 Å². The number of ether oxygens (including phenoxy) is 1. The smallest absolute Gasteiger partial charge is 0.0832 e. The average molecular weight is 188 g/mol. The Morgan fingerprint density at radius 2 is 2.00 bits per heavy atom. The normalized spacial score (nSPS) is 33.2. The second-order valence-corrected chi connectivity index (χ2v) is 3.89. The molecule has 1 rings (SSSR count). The molecular formula is C9H20N2O2. The summed E-state index contributed by atoms with van der Waals surface area (Å²) in [5, 5.41) is 0. The summed E-state index contributed by atoms with van der Waals surface area (Å²) in [5.74, 6) is 5.05. The summed E-state index contributed by atoms with van der Waals surface area (Å²) < 4.78 is 5.63. The first-order valence-electron chi connectivity index (χ1n) is 4.84. The molecule has 4 heteroatoms. The SMILES string of the molecule is CC(CON)N1C[C@@H](C)O[C@@H](C)C1. The summed E-state index contributed by atoms with van der Waals surface area (Å²) in [6.07, 6.45) is 0.618. The Morgan fingerprint density at radius 3 is 2.46 bits per heavy atom. The lowest BCUT2D eigenvalue weighted by Gasteiger charge is -2.38. The molecule has 1 aliphatic heterocycles. The number of nitrogens with two attached hydrogens (primary N) is 1. The molecule has 0 aromatic carbocycles. The van der Waals surface area contributed by atoms with Gasteiger partial charge in [-0.2, -0.15) is 0 Å². The van der Waals surface area contributed by atoms with Gasteiger partial charge in [-0.15, -0.1) is 0 Å². The van der Waals surface area contributed by atoms with Gasteiger partial charge >= 0.3 is 0 Å². The molecule has 0 saturated carbocycles. The highest BCUT2D eigenvalue weighted by Crippen LogP contribution is 2.13. The Balaban J connectivity index is 2.40. The first-order chi connectivity index (χ1) is 6.13. The monoisotopic (exact) mass is 188 g/mol. The fourth-order valence-corrected chi connectivity index (χ4v) is 1.82. The van der Waals surface area contributed by atoms with E-state index in [-0.39, 0.29) is 0 Å². The quantitative estimate of drug-likeness (QED) is 0.650. The van der Waals surface area contributed by atoms with E-state index in [1.54, 1.807) is 0 Å². The molecule has 1 unspecified atom stereocenters. The average Bonchev–Trinajstić information content (AvgIpc) is 2.03. The van der Waals surface area contributed by atoms with Crippen LogP contribution in [-0.2, 0) is 9.57 Å². The molecule has 0 bridgehead atoms. The first kappa shape index (κ1) is 10.9. The number of hydrogen-bond acceptors (Lipinski definition) is 4. The van der Waals surface area contributed by atoms with Crippen LogP contribution >= 0.6 is 0 Å². The van der Waals surface area contributed by atoms with Crippen LogP contribution in [0.5, 0.6) is 0 Å². The van der Waals surface area contributed by atoms with E-state index in [9.17, 15) is 0 Å². The minimum absolute atomic E-state index is 0.309. The van der Waals surface area contributed by atoms with Crippen molar-refractivity contribution >= 4 is 0 Å². The minimum Gasteiger partial charge on any atom is -0.373 e. The largest absolute Gasteiger partial charge is 0.373 e. The molecule has 13 heavy (non-hydrogen) atoms. The molecule has 1 heterocycles. The van der Waals surface area contributed by atoms with Gasteiger partial charge in [0.25, 0.3) is 0 Å². The molecule has 3 atom stereocenters. The van der Waals surface area contributed by atoms with E-state index in [1.165, 1.54) is 0 Å². The molecule has 0 aromatic rings. The standard InChI is InChI=1S/C9H20N2O2/c1-7(6-12-10)11-4-8(2)13-9(3)5-11/h7-9H,4-6,10H2,1-3H3/t7?,8-,9+. The molecule has 0 radical (unpaired) electrons. The second kappa shape index (κ2) is 4.91. The van der Waals surface area contributed by atoms with Crippen molar-refractivity contribution in [1.82, 2.24) is 4.90 Å². The van der Waals surface area contributed by atoms with Gasteiger partial charge in [-0.25, -0.2) is 5.90 Å². The summed E-state index contributed by atoms with van der Waals surface area (Å²) >= 11 is 0. The molecule has 0 amide bonds. The highest BCUT2D eigenvalue weighted by Gasteiger charge is 2.25. The molecule has 1 aliphatic rings. The number of hydrogen-bond donors (Lipinski definition) is 1. The molecule has 0 aliphatic carbocycles. The van der Waals surface area contributed by atoms with Crippen LogP contribution in [0.2, 0.25) is 0 Å². The van der Waals surface area contributed by atoms with Gasteiger partial charge in [0, 0.05) is 19.1 Å². The maximum Gasteiger partial charge on any atom is 0.0832 e. The highest BCUT2D eigenvalue weighted by molar-refractivity contribution is 4.77. The van der Waals surface area contributed by atoms with Crippen molar-refractivity contribution < 1.29 is 9.57 Å². The summed E-state index contributed by atoms with van der Waals surface area (Å²) in [6.45, 7) is 8.83. The lowest BCUT2D eigenvalue weighted by atomic mass is 10.2. The molecule has 0 spiro atoms. The first-order valence-corrected chi connectivity index (χ1v) is 4.84. The molecule has 78 valence electrons. The highest BCUT2D eigenvalue weighted by atomic mass is 16.6. The van der Waals surface area contributed by atoms with Crippen molar-refractivity contribution in [2.24, 2.45) is 5.90 Å². The van der Waals surface area contributed by atoms with Crippen molar-refractivity contribution in [1.29, 1.82) is 0 Å². The zero-order chi connectivity index (χ0) is 9.84. The van der Waals surface area contributed by atoms with Crippen LogP contribution in [0.4, 0.5) is 0 Å². The Kier molecular flexibility index (Phi) is 4.12. The minimum atomic E-state index is 0.309. The summed E-state index contributed by atoms with van der Waals surface area (Å²) in [6, 6.07) is 0.374. The van der Waals surface area contributed by atoms with Gasteiger partial charge in [-0.3, -0.25) is 4.90 Å². The van der Waals surface area contributed by atoms with Gasteiger partial charge in [0.2, 0.25) is 0 Å². The summed E-state index contributed by atoms with van der Waals surface area (Å²) in [5.41, 5.74) is 0. The van der Waals surface area contributed by atoms with Crippen LogP contribution < -0.4 is 5.90 Å². The van der Waals surface area contributed by atoms with E-state index in [0.29, 0.717) is 24.9 Å². The van der Waals surface area contributed by atoms with Gasteiger partial charge in [0.15, 0.2) is 0 Å². The third kappa shape index (κ3) is 3.23. The van der Waals surface area contributed by atoms with E-state index >= 15 is 0 Å². The molecule has 2 N–H and O–H groups in total. The van der Waals surface area contributed by atoms with Crippen LogP contribution in [0.1, 0.15) is 20.8 Å². The van der Waals surface area contributed by atoms with E-state index < -0.39 is 0 Å². The molecule has 1 fully saturated rings. The Bertz CT molecular complexity index is 145. The van der Waals surface area contributed by atoms with Gasteiger partial charge in [-0.1, -0.05) is 0 Å². The summed E-state index contributed by atoms with van der Waals surface area (Å²) in [4.78, 5) is 7.00. The van der Waals surface area contributed by atoms with Crippen molar-refractivity contribution in [2.75, 3.05) is 19.7 Å². The number of rotatable bonds is 3. The Morgan fingerprint density at radius 1 is 1.46 bits per heavy atom. The van der Waals surface area contributed by atoms with Gasteiger partial charge in [-0.05, 0) is 20.8 Å².